The largest absolute Gasteiger partial charge is 0.497 e. The van der Waals surface area contributed by atoms with Gasteiger partial charge in [-0.15, -0.1) is 0 Å². The fourth-order valence-electron chi connectivity index (χ4n) is 2.83. The second-order valence-corrected chi connectivity index (χ2v) is 6.14. The van der Waals surface area contributed by atoms with Crippen LogP contribution < -0.4 is 20.1 Å². The highest BCUT2D eigenvalue weighted by atomic mass is 16.5. The lowest BCUT2D eigenvalue weighted by molar-refractivity contribution is 0.414. The van der Waals surface area contributed by atoms with Crippen LogP contribution in [0.2, 0.25) is 0 Å². The van der Waals surface area contributed by atoms with Crippen LogP contribution in [-0.4, -0.2) is 14.2 Å². The molecule has 26 heavy (non-hydrogen) atoms. The lowest BCUT2D eigenvalue weighted by atomic mass is 10.1. The van der Waals surface area contributed by atoms with Gasteiger partial charge in [-0.05, 0) is 59.7 Å². The Morgan fingerprint density at radius 1 is 0.654 bits per heavy atom. The maximum absolute atomic E-state index is 5.85. The molecule has 0 fully saturated rings. The van der Waals surface area contributed by atoms with Crippen molar-refractivity contribution < 1.29 is 9.47 Å². The van der Waals surface area contributed by atoms with E-state index in [9.17, 15) is 0 Å². The molecule has 0 saturated carbocycles. The molecule has 0 saturated heterocycles. The van der Waals surface area contributed by atoms with Gasteiger partial charge in [0.2, 0.25) is 0 Å². The van der Waals surface area contributed by atoms with Crippen molar-refractivity contribution in [3.8, 4) is 11.5 Å². The number of rotatable bonds is 7. The van der Waals surface area contributed by atoms with E-state index in [1.165, 1.54) is 11.1 Å². The van der Waals surface area contributed by atoms with Crippen molar-refractivity contribution in [1.82, 2.24) is 0 Å². The van der Waals surface area contributed by atoms with Gasteiger partial charge in [0, 0.05) is 24.5 Å². The molecular formula is C22H24N2O2. The third kappa shape index (κ3) is 4.48. The van der Waals surface area contributed by atoms with E-state index in [1.807, 2.05) is 36.4 Å². The van der Waals surface area contributed by atoms with E-state index in [2.05, 4.69) is 41.3 Å². The van der Waals surface area contributed by atoms with Gasteiger partial charge in [-0.25, -0.2) is 0 Å². The Hall–Kier alpha value is -3.14. The first-order valence-corrected chi connectivity index (χ1v) is 8.54. The predicted octanol–water partition coefficient (Wildman–Crippen LogP) is 4.49. The first kappa shape index (κ1) is 17.7. The van der Waals surface area contributed by atoms with Crippen molar-refractivity contribution in [1.29, 1.82) is 0 Å². The molecule has 0 radical (unpaired) electrons. The molecule has 0 bridgehead atoms. The second kappa shape index (κ2) is 8.30. The van der Waals surface area contributed by atoms with Gasteiger partial charge in [-0.2, -0.15) is 0 Å². The normalized spacial score (nSPS) is 10.4. The van der Waals surface area contributed by atoms with Crippen molar-refractivity contribution in [3.63, 3.8) is 0 Å². The number of hydrogen-bond donors (Lipinski definition) is 1. The molecule has 0 spiro atoms. The summed E-state index contributed by atoms with van der Waals surface area (Å²) in [5.74, 6) is 1.73. The van der Waals surface area contributed by atoms with Crippen LogP contribution in [0, 0.1) is 0 Å². The molecule has 134 valence electrons. The van der Waals surface area contributed by atoms with E-state index in [1.54, 1.807) is 14.2 Å². The van der Waals surface area contributed by atoms with Crippen LogP contribution in [0.15, 0.2) is 72.8 Å². The summed E-state index contributed by atoms with van der Waals surface area (Å²) in [6, 6.07) is 24.3. The van der Waals surface area contributed by atoms with Crippen LogP contribution in [0.4, 0.5) is 11.4 Å². The fourth-order valence-corrected chi connectivity index (χ4v) is 2.83. The summed E-state index contributed by atoms with van der Waals surface area (Å²) in [4.78, 5) is 2.32. The zero-order valence-corrected chi connectivity index (χ0v) is 15.2. The lowest BCUT2D eigenvalue weighted by Crippen LogP contribution is -2.22. The quantitative estimate of drug-likeness (QED) is 0.639. The Kier molecular flexibility index (Phi) is 5.64. The number of benzene rings is 3. The number of nitrogens with zero attached hydrogens (tertiary/aromatic N) is 1. The minimum atomic E-state index is 0.766. The number of hydrogen-bond acceptors (Lipinski definition) is 4. The summed E-state index contributed by atoms with van der Waals surface area (Å²) in [6.07, 6.45) is 0. The monoisotopic (exact) mass is 348 g/mol. The maximum Gasteiger partial charge on any atom is 0.118 e. The van der Waals surface area contributed by atoms with Gasteiger partial charge in [-0.3, -0.25) is 0 Å². The van der Waals surface area contributed by atoms with E-state index >= 15 is 0 Å². The van der Waals surface area contributed by atoms with Gasteiger partial charge in [0.25, 0.3) is 0 Å². The molecule has 0 atom stereocenters. The number of ether oxygens (including phenoxy) is 2. The molecule has 0 amide bonds. The van der Waals surface area contributed by atoms with Crippen LogP contribution >= 0.6 is 0 Å². The SMILES string of the molecule is COc1ccc(CN(Cc2ccc(OC)cc2)c2ccc(N)cc2)cc1. The molecule has 0 unspecified atom stereocenters. The molecule has 3 aromatic carbocycles. The van der Waals surface area contributed by atoms with Crippen LogP contribution in [0.3, 0.4) is 0 Å². The average molecular weight is 348 g/mol. The summed E-state index contributed by atoms with van der Waals surface area (Å²) < 4.78 is 10.5. The highest BCUT2D eigenvalue weighted by Crippen LogP contribution is 2.23. The molecule has 0 aromatic heterocycles. The molecule has 0 heterocycles. The zero-order valence-electron chi connectivity index (χ0n) is 15.2. The highest BCUT2D eigenvalue weighted by molar-refractivity contribution is 5.54. The predicted molar refractivity (Wildman–Crippen MR) is 107 cm³/mol. The van der Waals surface area contributed by atoms with Crippen LogP contribution in [0.5, 0.6) is 11.5 Å². The molecule has 4 nitrogen and oxygen atoms in total. The average Bonchev–Trinajstić information content (AvgIpc) is 2.69. The van der Waals surface area contributed by atoms with E-state index in [-0.39, 0.29) is 0 Å². The minimum absolute atomic E-state index is 0.766. The van der Waals surface area contributed by atoms with Crippen LogP contribution in [0.1, 0.15) is 11.1 Å². The van der Waals surface area contributed by atoms with E-state index < -0.39 is 0 Å². The van der Waals surface area contributed by atoms with E-state index in [0.717, 1.165) is 36.0 Å². The third-order valence-corrected chi connectivity index (χ3v) is 4.32. The molecule has 3 aromatic rings. The summed E-state index contributed by atoms with van der Waals surface area (Å²) in [7, 11) is 3.36. The second-order valence-electron chi connectivity index (χ2n) is 6.14. The Morgan fingerprint density at radius 2 is 1.08 bits per heavy atom. The van der Waals surface area contributed by atoms with E-state index in [0.29, 0.717) is 0 Å². The molecule has 2 N–H and O–H groups in total. The summed E-state index contributed by atoms with van der Waals surface area (Å²) in [6.45, 7) is 1.58. The van der Waals surface area contributed by atoms with Gasteiger partial charge >= 0.3 is 0 Å². The summed E-state index contributed by atoms with van der Waals surface area (Å²) in [5, 5.41) is 0. The number of anilines is 2. The molecule has 0 aliphatic heterocycles. The summed E-state index contributed by atoms with van der Waals surface area (Å²) in [5.41, 5.74) is 10.2. The van der Waals surface area contributed by atoms with Crippen molar-refractivity contribution in [2.45, 2.75) is 13.1 Å². The maximum atomic E-state index is 5.85. The number of nitrogen functional groups attached to an aromatic ring is 1. The first-order chi connectivity index (χ1) is 12.7. The minimum Gasteiger partial charge on any atom is -0.497 e. The van der Waals surface area contributed by atoms with Crippen molar-refractivity contribution >= 4 is 11.4 Å². The standard InChI is InChI=1S/C22H24N2O2/c1-25-21-11-3-17(4-12-21)15-24(20-9-7-19(23)8-10-20)16-18-5-13-22(26-2)14-6-18/h3-14H,15-16,23H2,1-2H3. The zero-order chi connectivity index (χ0) is 18.4. The third-order valence-electron chi connectivity index (χ3n) is 4.32. The molecule has 4 heteroatoms. The first-order valence-electron chi connectivity index (χ1n) is 8.54. The van der Waals surface area contributed by atoms with Crippen LogP contribution in [0.25, 0.3) is 0 Å². The Morgan fingerprint density at radius 3 is 1.46 bits per heavy atom. The molecular weight excluding hydrogens is 324 g/mol. The number of methoxy groups -OCH3 is 2. The smallest absolute Gasteiger partial charge is 0.118 e. The number of nitrogens with two attached hydrogens (primary N) is 1. The summed E-state index contributed by atoms with van der Waals surface area (Å²) >= 11 is 0. The molecule has 0 aliphatic rings. The van der Waals surface area contributed by atoms with Gasteiger partial charge in [0.15, 0.2) is 0 Å². The Bertz CT molecular complexity index is 763. The van der Waals surface area contributed by atoms with Crippen LogP contribution in [-0.2, 0) is 13.1 Å². The topological polar surface area (TPSA) is 47.7 Å². The Balaban J connectivity index is 1.83. The fraction of sp³-hybridized carbons (Fsp3) is 0.182. The van der Waals surface area contributed by atoms with Gasteiger partial charge in [-0.1, -0.05) is 24.3 Å². The van der Waals surface area contributed by atoms with Gasteiger partial charge in [0.05, 0.1) is 14.2 Å². The van der Waals surface area contributed by atoms with E-state index in [4.69, 9.17) is 15.2 Å². The Labute approximate surface area is 154 Å². The van der Waals surface area contributed by atoms with Crippen molar-refractivity contribution in [2.24, 2.45) is 0 Å². The van der Waals surface area contributed by atoms with Gasteiger partial charge < -0.3 is 20.1 Å². The molecule has 3 rings (SSSR count). The van der Waals surface area contributed by atoms with Crippen molar-refractivity contribution in [3.05, 3.63) is 83.9 Å². The molecule has 0 aliphatic carbocycles. The lowest BCUT2D eigenvalue weighted by Gasteiger charge is -2.25. The van der Waals surface area contributed by atoms with Crippen molar-refractivity contribution in [2.75, 3.05) is 24.9 Å². The highest BCUT2D eigenvalue weighted by Gasteiger charge is 2.09. The van der Waals surface area contributed by atoms with Gasteiger partial charge in [0.1, 0.15) is 11.5 Å².